The summed E-state index contributed by atoms with van der Waals surface area (Å²) < 4.78 is 43.0. The van der Waals surface area contributed by atoms with Crippen LogP contribution in [-0.4, -0.2) is 57.0 Å². The standard InChI is InChI=1S/C12H21F3N2O/c1-16-11-8-18-7-9(11)6-17-4-2-10(3-5-17)12(13,14)15/h9-11,16H,2-8H2,1H3. The zero-order valence-electron chi connectivity index (χ0n) is 10.7. The van der Waals surface area contributed by atoms with E-state index >= 15 is 0 Å². The highest BCUT2D eigenvalue weighted by Gasteiger charge is 2.41. The lowest BCUT2D eigenvalue weighted by atomic mass is 9.94. The summed E-state index contributed by atoms with van der Waals surface area (Å²) in [5.74, 6) is -0.703. The van der Waals surface area contributed by atoms with E-state index in [1.165, 1.54) is 0 Å². The van der Waals surface area contributed by atoms with Gasteiger partial charge in [-0.2, -0.15) is 13.2 Å². The maximum absolute atomic E-state index is 12.5. The van der Waals surface area contributed by atoms with Gasteiger partial charge in [0.2, 0.25) is 0 Å². The molecule has 6 heteroatoms. The van der Waals surface area contributed by atoms with Crippen LogP contribution in [0.25, 0.3) is 0 Å². The van der Waals surface area contributed by atoms with Crippen molar-refractivity contribution < 1.29 is 17.9 Å². The number of hydrogen-bond donors (Lipinski definition) is 1. The first kappa shape index (κ1) is 14.1. The minimum Gasteiger partial charge on any atom is -0.379 e. The molecule has 1 N–H and O–H groups in total. The third-order valence-corrected chi connectivity index (χ3v) is 4.11. The van der Waals surface area contributed by atoms with E-state index in [0.717, 1.165) is 6.54 Å². The van der Waals surface area contributed by atoms with Crippen LogP contribution >= 0.6 is 0 Å². The maximum Gasteiger partial charge on any atom is 0.391 e. The molecule has 0 amide bonds. The van der Waals surface area contributed by atoms with Crippen molar-refractivity contribution in [3.05, 3.63) is 0 Å². The second-order valence-corrected chi connectivity index (χ2v) is 5.31. The van der Waals surface area contributed by atoms with Crippen LogP contribution in [0.15, 0.2) is 0 Å². The average molecular weight is 266 g/mol. The van der Waals surface area contributed by atoms with Gasteiger partial charge in [-0.1, -0.05) is 0 Å². The van der Waals surface area contributed by atoms with Gasteiger partial charge in [0.05, 0.1) is 19.1 Å². The third-order valence-electron chi connectivity index (χ3n) is 4.11. The van der Waals surface area contributed by atoms with Crippen LogP contribution in [0.5, 0.6) is 0 Å². The molecule has 2 atom stereocenters. The number of likely N-dealkylation sites (N-methyl/N-ethyl adjacent to an activating group) is 1. The van der Waals surface area contributed by atoms with Crippen LogP contribution in [0.2, 0.25) is 0 Å². The number of rotatable bonds is 3. The molecule has 2 heterocycles. The van der Waals surface area contributed by atoms with E-state index in [1.54, 1.807) is 0 Å². The minimum atomic E-state index is -4.02. The topological polar surface area (TPSA) is 24.5 Å². The zero-order valence-corrected chi connectivity index (χ0v) is 10.7. The Kier molecular flexibility index (Phi) is 4.50. The fraction of sp³-hybridized carbons (Fsp3) is 1.00. The van der Waals surface area contributed by atoms with Crippen LogP contribution in [0, 0.1) is 11.8 Å². The molecule has 0 aromatic carbocycles. The summed E-state index contributed by atoms with van der Waals surface area (Å²) in [5.41, 5.74) is 0. The maximum atomic E-state index is 12.5. The molecule has 0 spiro atoms. The first-order valence-corrected chi connectivity index (χ1v) is 6.54. The molecule has 2 aliphatic heterocycles. The molecule has 0 bridgehead atoms. The molecule has 0 radical (unpaired) electrons. The first-order valence-electron chi connectivity index (χ1n) is 6.54. The van der Waals surface area contributed by atoms with Gasteiger partial charge in [0.1, 0.15) is 0 Å². The average Bonchev–Trinajstić information content (AvgIpc) is 2.76. The molecule has 18 heavy (non-hydrogen) atoms. The van der Waals surface area contributed by atoms with E-state index in [9.17, 15) is 13.2 Å². The molecule has 0 aromatic rings. The van der Waals surface area contributed by atoms with Crippen LogP contribution < -0.4 is 5.32 Å². The van der Waals surface area contributed by atoms with Gasteiger partial charge in [-0.25, -0.2) is 0 Å². The SMILES string of the molecule is CNC1COCC1CN1CCC(C(F)(F)F)CC1. The molecule has 0 aromatic heterocycles. The number of nitrogens with zero attached hydrogens (tertiary/aromatic N) is 1. The molecule has 0 aliphatic carbocycles. The number of ether oxygens (including phenoxy) is 1. The fourth-order valence-electron chi connectivity index (χ4n) is 2.87. The molecule has 106 valence electrons. The lowest BCUT2D eigenvalue weighted by Crippen LogP contribution is -2.44. The van der Waals surface area contributed by atoms with E-state index in [4.69, 9.17) is 4.74 Å². The number of likely N-dealkylation sites (tertiary alicyclic amines) is 1. The molecule has 2 saturated heterocycles. The highest BCUT2D eigenvalue weighted by atomic mass is 19.4. The van der Waals surface area contributed by atoms with Crippen molar-refractivity contribution in [3.8, 4) is 0 Å². The first-order chi connectivity index (χ1) is 8.50. The fourth-order valence-corrected chi connectivity index (χ4v) is 2.87. The van der Waals surface area contributed by atoms with Crippen molar-refractivity contribution in [2.75, 3.05) is 39.9 Å². The zero-order chi connectivity index (χ0) is 13.2. The van der Waals surface area contributed by atoms with Crippen molar-refractivity contribution >= 4 is 0 Å². The lowest BCUT2D eigenvalue weighted by Gasteiger charge is -2.34. The van der Waals surface area contributed by atoms with Gasteiger partial charge < -0.3 is 15.0 Å². The van der Waals surface area contributed by atoms with E-state index in [0.29, 0.717) is 38.3 Å². The van der Waals surface area contributed by atoms with Crippen LogP contribution in [0.4, 0.5) is 13.2 Å². The third kappa shape index (κ3) is 3.36. The molecule has 2 fully saturated rings. The number of alkyl halides is 3. The van der Waals surface area contributed by atoms with Gasteiger partial charge in [0.25, 0.3) is 0 Å². The van der Waals surface area contributed by atoms with Crippen molar-refractivity contribution in [2.24, 2.45) is 11.8 Å². The summed E-state index contributed by atoms with van der Waals surface area (Å²) in [7, 11) is 1.90. The summed E-state index contributed by atoms with van der Waals surface area (Å²) >= 11 is 0. The Morgan fingerprint density at radius 3 is 2.44 bits per heavy atom. The smallest absolute Gasteiger partial charge is 0.379 e. The largest absolute Gasteiger partial charge is 0.391 e. The summed E-state index contributed by atoms with van der Waals surface area (Å²) in [6.07, 6.45) is -3.54. The summed E-state index contributed by atoms with van der Waals surface area (Å²) in [5, 5.41) is 3.20. The molecule has 2 aliphatic rings. The molecule has 3 nitrogen and oxygen atoms in total. The van der Waals surface area contributed by atoms with Gasteiger partial charge in [-0.05, 0) is 33.0 Å². The Bertz CT molecular complexity index is 265. The Balaban J connectivity index is 1.77. The Hall–Kier alpha value is -0.330. The molecular weight excluding hydrogens is 245 g/mol. The van der Waals surface area contributed by atoms with Crippen LogP contribution in [-0.2, 0) is 4.74 Å². The molecule has 2 rings (SSSR count). The highest BCUT2D eigenvalue weighted by molar-refractivity contribution is 4.85. The summed E-state index contributed by atoms with van der Waals surface area (Å²) in [4.78, 5) is 2.14. The number of piperidine rings is 1. The van der Waals surface area contributed by atoms with Crippen molar-refractivity contribution in [3.63, 3.8) is 0 Å². The predicted octanol–water partition coefficient (Wildman–Crippen LogP) is 1.50. The van der Waals surface area contributed by atoms with Gasteiger partial charge >= 0.3 is 6.18 Å². The molecule has 2 unspecified atom stereocenters. The predicted molar refractivity (Wildman–Crippen MR) is 62.4 cm³/mol. The number of halogens is 3. The highest BCUT2D eigenvalue weighted by Crippen LogP contribution is 2.34. The Morgan fingerprint density at radius 2 is 1.89 bits per heavy atom. The quantitative estimate of drug-likeness (QED) is 0.837. The molecule has 0 saturated carbocycles. The van der Waals surface area contributed by atoms with Gasteiger partial charge in [0.15, 0.2) is 0 Å². The van der Waals surface area contributed by atoms with Gasteiger partial charge in [-0.3, -0.25) is 0 Å². The van der Waals surface area contributed by atoms with E-state index < -0.39 is 12.1 Å². The van der Waals surface area contributed by atoms with Crippen LogP contribution in [0.3, 0.4) is 0 Å². The molecular formula is C12H21F3N2O. The second-order valence-electron chi connectivity index (χ2n) is 5.31. The van der Waals surface area contributed by atoms with Crippen molar-refractivity contribution in [1.82, 2.24) is 10.2 Å². The number of hydrogen-bond acceptors (Lipinski definition) is 3. The van der Waals surface area contributed by atoms with Gasteiger partial charge in [0, 0.05) is 18.5 Å². The second kappa shape index (κ2) is 5.75. The van der Waals surface area contributed by atoms with Gasteiger partial charge in [-0.15, -0.1) is 0 Å². The van der Waals surface area contributed by atoms with E-state index in [2.05, 4.69) is 10.2 Å². The Morgan fingerprint density at radius 1 is 1.22 bits per heavy atom. The van der Waals surface area contributed by atoms with Crippen molar-refractivity contribution in [2.45, 2.75) is 25.1 Å². The lowest BCUT2D eigenvalue weighted by molar-refractivity contribution is -0.185. The monoisotopic (exact) mass is 266 g/mol. The Labute approximate surface area is 106 Å². The van der Waals surface area contributed by atoms with E-state index in [1.807, 2.05) is 7.05 Å². The van der Waals surface area contributed by atoms with Crippen molar-refractivity contribution in [1.29, 1.82) is 0 Å². The van der Waals surface area contributed by atoms with Crippen LogP contribution in [0.1, 0.15) is 12.8 Å². The summed E-state index contributed by atoms with van der Waals surface area (Å²) in [6.45, 7) is 3.37. The summed E-state index contributed by atoms with van der Waals surface area (Å²) in [6, 6.07) is 0.338. The number of nitrogens with one attached hydrogen (secondary N) is 1. The van der Waals surface area contributed by atoms with E-state index in [-0.39, 0.29) is 12.8 Å². The normalized spacial score (nSPS) is 32.0. The minimum absolute atomic E-state index is 0.237.